The van der Waals surface area contributed by atoms with Crippen molar-refractivity contribution in [2.75, 3.05) is 20.2 Å². The summed E-state index contributed by atoms with van der Waals surface area (Å²) < 4.78 is 18.5. The predicted molar refractivity (Wildman–Crippen MR) is 111 cm³/mol. The fourth-order valence-electron chi connectivity index (χ4n) is 4.28. The average molecular weight is 425 g/mol. The van der Waals surface area contributed by atoms with Gasteiger partial charge in [-0.25, -0.2) is 9.18 Å². The van der Waals surface area contributed by atoms with Crippen molar-refractivity contribution >= 4 is 17.8 Å². The summed E-state index contributed by atoms with van der Waals surface area (Å²) in [6, 6.07) is 12.2. The second-order valence-electron chi connectivity index (χ2n) is 7.97. The highest BCUT2D eigenvalue weighted by Crippen LogP contribution is 2.34. The van der Waals surface area contributed by atoms with Crippen LogP contribution in [0.15, 0.2) is 48.5 Å². The molecule has 2 aromatic rings. The number of halogens is 1. The summed E-state index contributed by atoms with van der Waals surface area (Å²) in [7, 11) is 1.60. The first-order valence-corrected chi connectivity index (χ1v) is 10.2. The molecule has 0 bridgehead atoms. The van der Waals surface area contributed by atoms with Gasteiger partial charge >= 0.3 is 6.03 Å². The highest BCUT2D eigenvalue weighted by molar-refractivity contribution is 6.09. The van der Waals surface area contributed by atoms with Gasteiger partial charge < -0.3 is 15.0 Å². The van der Waals surface area contributed by atoms with Crippen LogP contribution in [0.4, 0.5) is 9.18 Å². The monoisotopic (exact) mass is 425 g/mol. The lowest BCUT2D eigenvalue weighted by Gasteiger charge is -2.27. The van der Waals surface area contributed by atoms with Crippen LogP contribution in [0.3, 0.4) is 0 Å². The van der Waals surface area contributed by atoms with Crippen LogP contribution in [0.5, 0.6) is 5.75 Å². The summed E-state index contributed by atoms with van der Waals surface area (Å²) in [5.41, 5.74) is 0.102. The van der Waals surface area contributed by atoms with E-state index >= 15 is 0 Å². The molecule has 0 unspecified atom stereocenters. The molecule has 2 aromatic carbocycles. The van der Waals surface area contributed by atoms with Crippen LogP contribution < -0.4 is 10.1 Å². The van der Waals surface area contributed by atoms with Crippen LogP contribution >= 0.6 is 0 Å². The number of carbonyl (C=O) groups excluding carboxylic acids is 3. The molecule has 4 amide bonds. The third kappa shape index (κ3) is 3.73. The molecule has 1 N–H and O–H groups in total. The normalized spacial score (nSPS) is 23.3. The van der Waals surface area contributed by atoms with E-state index in [1.165, 1.54) is 24.3 Å². The van der Waals surface area contributed by atoms with Gasteiger partial charge in [-0.3, -0.25) is 14.5 Å². The lowest BCUT2D eigenvalue weighted by molar-refractivity contribution is -0.139. The predicted octanol–water partition coefficient (Wildman–Crippen LogP) is 2.97. The molecule has 0 aromatic heterocycles. The maximum atomic E-state index is 13.3. The molecular formula is C23H24FN3O4. The van der Waals surface area contributed by atoms with Crippen LogP contribution in [0.1, 0.15) is 36.9 Å². The Morgan fingerprint density at radius 3 is 2.48 bits per heavy atom. The van der Waals surface area contributed by atoms with Gasteiger partial charge in [-0.1, -0.05) is 24.3 Å². The number of nitrogens with zero attached hydrogens (tertiary/aromatic N) is 2. The molecular weight excluding hydrogens is 401 g/mol. The molecule has 2 heterocycles. The minimum absolute atomic E-state index is 0.109. The van der Waals surface area contributed by atoms with E-state index in [1.54, 1.807) is 18.9 Å². The largest absolute Gasteiger partial charge is 0.497 e. The van der Waals surface area contributed by atoms with Crippen LogP contribution in [0.2, 0.25) is 0 Å². The van der Waals surface area contributed by atoms with Gasteiger partial charge in [0.2, 0.25) is 5.91 Å². The molecule has 31 heavy (non-hydrogen) atoms. The van der Waals surface area contributed by atoms with Gasteiger partial charge in [-0.05, 0) is 55.2 Å². The number of amides is 4. The fraction of sp³-hybridized carbons (Fsp3) is 0.348. The van der Waals surface area contributed by atoms with E-state index in [2.05, 4.69) is 5.32 Å². The molecule has 162 valence electrons. The van der Waals surface area contributed by atoms with E-state index in [0.717, 1.165) is 29.1 Å². The maximum absolute atomic E-state index is 13.3. The Labute approximate surface area is 179 Å². The molecule has 0 aliphatic carbocycles. The Kier molecular flexibility index (Phi) is 5.39. The van der Waals surface area contributed by atoms with E-state index in [4.69, 9.17) is 4.74 Å². The number of rotatable bonds is 5. The standard InChI is InChI=1S/C23H24FN3O4/c1-23(16-7-9-17(24)10-8-16)21(29)27(22(30)25-23)14-20(28)26-13-3-4-19(26)15-5-11-18(31-2)12-6-15/h5-12,19H,3-4,13-14H2,1-2H3,(H,25,30)/t19-,23-/m0/s1. The molecule has 0 radical (unpaired) electrons. The van der Waals surface area contributed by atoms with Crippen molar-refractivity contribution in [3.63, 3.8) is 0 Å². The van der Waals surface area contributed by atoms with E-state index in [9.17, 15) is 18.8 Å². The van der Waals surface area contributed by atoms with Crippen LogP contribution in [-0.4, -0.2) is 47.8 Å². The van der Waals surface area contributed by atoms with Gasteiger partial charge in [0.25, 0.3) is 5.91 Å². The molecule has 4 rings (SSSR count). The van der Waals surface area contributed by atoms with Gasteiger partial charge in [0.05, 0.1) is 13.2 Å². The zero-order valence-corrected chi connectivity index (χ0v) is 17.4. The number of likely N-dealkylation sites (tertiary alicyclic amines) is 1. The summed E-state index contributed by atoms with van der Waals surface area (Å²) >= 11 is 0. The zero-order valence-electron chi connectivity index (χ0n) is 17.4. The number of hydrogen-bond donors (Lipinski definition) is 1. The number of urea groups is 1. The van der Waals surface area contributed by atoms with Crippen molar-refractivity contribution in [2.45, 2.75) is 31.3 Å². The molecule has 0 saturated carbocycles. The van der Waals surface area contributed by atoms with Crippen LogP contribution in [0.25, 0.3) is 0 Å². The van der Waals surface area contributed by atoms with Crippen LogP contribution in [-0.2, 0) is 15.1 Å². The second kappa shape index (κ2) is 8.02. The second-order valence-corrected chi connectivity index (χ2v) is 7.97. The molecule has 2 atom stereocenters. The van der Waals surface area contributed by atoms with Crippen molar-refractivity contribution in [1.29, 1.82) is 0 Å². The first kappa shape index (κ1) is 20.8. The number of methoxy groups -OCH3 is 1. The molecule has 0 spiro atoms. The molecule has 2 saturated heterocycles. The third-order valence-electron chi connectivity index (χ3n) is 6.06. The lowest BCUT2D eigenvalue weighted by Crippen LogP contribution is -2.44. The fourth-order valence-corrected chi connectivity index (χ4v) is 4.28. The first-order chi connectivity index (χ1) is 14.8. The maximum Gasteiger partial charge on any atom is 0.325 e. The summed E-state index contributed by atoms with van der Waals surface area (Å²) in [6.45, 7) is 1.78. The van der Waals surface area contributed by atoms with Gasteiger partial charge in [0, 0.05) is 6.54 Å². The smallest absolute Gasteiger partial charge is 0.325 e. The molecule has 7 nitrogen and oxygen atoms in total. The quantitative estimate of drug-likeness (QED) is 0.747. The Bertz CT molecular complexity index is 1010. The molecule has 2 aliphatic heterocycles. The van der Waals surface area contributed by atoms with Gasteiger partial charge in [-0.2, -0.15) is 0 Å². The average Bonchev–Trinajstić information content (AvgIpc) is 3.34. The SMILES string of the molecule is COc1ccc([C@@H]2CCCN2C(=O)CN2C(=O)N[C@@](C)(c3ccc(F)cc3)C2=O)cc1. The minimum atomic E-state index is -1.34. The molecule has 2 aliphatic rings. The van der Waals surface area contributed by atoms with Crippen molar-refractivity contribution < 1.29 is 23.5 Å². The summed E-state index contributed by atoms with van der Waals surface area (Å²) in [6.07, 6.45) is 1.65. The summed E-state index contributed by atoms with van der Waals surface area (Å²) in [4.78, 5) is 41.3. The number of ether oxygens (including phenoxy) is 1. The van der Waals surface area contributed by atoms with Gasteiger partial charge in [-0.15, -0.1) is 0 Å². The highest BCUT2D eigenvalue weighted by Gasteiger charge is 2.50. The Balaban J connectivity index is 1.50. The molecule has 2 fully saturated rings. The van der Waals surface area contributed by atoms with Crippen molar-refractivity contribution in [1.82, 2.24) is 15.1 Å². The van der Waals surface area contributed by atoms with Gasteiger partial charge in [0.1, 0.15) is 23.7 Å². The Morgan fingerprint density at radius 2 is 1.84 bits per heavy atom. The Morgan fingerprint density at radius 1 is 1.16 bits per heavy atom. The van der Waals surface area contributed by atoms with Crippen molar-refractivity contribution in [3.05, 3.63) is 65.5 Å². The number of carbonyl (C=O) groups is 3. The summed E-state index contributed by atoms with van der Waals surface area (Å²) in [5.74, 6) is -0.517. The van der Waals surface area contributed by atoms with Crippen LogP contribution in [0, 0.1) is 5.82 Å². The van der Waals surface area contributed by atoms with E-state index < -0.39 is 23.3 Å². The number of benzene rings is 2. The van der Waals surface area contributed by atoms with Crippen molar-refractivity contribution in [2.24, 2.45) is 0 Å². The number of hydrogen-bond acceptors (Lipinski definition) is 4. The first-order valence-electron chi connectivity index (χ1n) is 10.2. The van der Waals surface area contributed by atoms with E-state index in [-0.39, 0.29) is 18.5 Å². The summed E-state index contributed by atoms with van der Waals surface area (Å²) in [5, 5.41) is 2.65. The minimum Gasteiger partial charge on any atom is -0.497 e. The number of nitrogens with one attached hydrogen (secondary N) is 1. The zero-order chi connectivity index (χ0) is 22.2. The van der Waals surface area contributed by atoms with E-state index in [0.29, 0.717) is 12.1 Å². The number of imide groups is 1. The third-order valence-corrected chi connectivity index (χ3v) is 6.06. The lowest BCUT2D eigenvalue weighted by atomic mass is 9.92. The van der Waals surface area contributed by atoms with E-state index in [1.807, 2.05) is 24.3 Å². The topological polar surface area (TPSA) is 79.0 Å². The highest BCUT2D eigenvalue weighted by atomic mass is 19.1. The Hall–Kier alpha value is -3.42. The molecule has 8 heteroatoms. The van der Waals surface area contributed by atoms with Crippen molar-refractivity contribution in [3.8, 4) is 5.75 Å². The van der Waals surface area contributed by atoms with Gasteiger partial charge in [0.15, 0.2) is 0 Å².